The van der Waals surface area contributed by atoms with E-state index in [0.717, 1.165) is 192 Å². The summed E-state index contributed by atoms with van der Waals surface area (Å²) in [7, 11) is -9.23. The molecule has 1 aliphatic rings. The summed E-state index contributed by atoms with van der Waals surface area (Å²) in [5.41, 5.74) is 25.7. The molecule has 6 aromatic heterocycles. The maximum Gasteiger partial charge on any atom is 0.171 e. The number of hydrogen-bond acceptors (Lipinski definition) is 9. The zero-order valence-corrected chi connectivity index (χ0v) is 82.3. The quantitative estimate of drug-likeness (QED) is 0.0917. The average molecular weight is 1930 g/mol. The topological polar surface area (TPSA) is 142 Å². The molecule has 28 rings (SSSR count). The van der Waals surface area contributed by atoms with Crippen molar-refractivity contribution >= 4 is 173 Å². The summed E-state index contributed by atoms with van der Waals surface area (Å²) >= 11 is 0. The molecule has 0 radical (unpaired) electrons. The minimum Gasteiger partial charge on any atom is -0.309 e. The van der Waals surface area contributed by atoms with Gasteiger partial charge >= 0.3 is 0 Å². The Bertz CT molecular complexity index is 9860. The Labute approximate surface area is 842 Å². The second-order valence-electron chi connectivity index (χ2n) is 37.8. The number of benzene rings is 21. The fourth-order valence-corrected chi connectivity index (χ4v) is 29.6. The molecule has 15 heteroatoms. The van der Waals surface area contributed by atoms with Crippen molar-refractivity contribution in [2.45, 2.75) is 19.3 Å². The van der Waals surface area contributed by atoms with Crippen LogP contribution < -0.4 is 47.7 Å². The van der Waals surface area contributed by atoms with E-state index in [1.165, 1.54) is 49.4 Å². The first kappa shape index (κ1) is 88.4. The molecule has 0 bridgehead atoms. The van der Waals surface area contributed by atoms with Gasteiger partial charge in [-0.2, -0.15) is 0 Å². The van der Waals surface area contributed by atoms with Gasteiger partial charge in [-0.1, -0.05) is 432 Å². The van der Waals surface area contributed by atoms with E-state index in [-0.39, 0.29) is 5.41 Å². The van der Waals surface area contributed by atoms with E-state index >= 15 is 0 Å². The lowest BCUT2D eigenvalue weighted by molar-refractivity contribution is 0.591. The van der Waals surface area contributed by atoms with Gasteiger partial charge in [0.2, 0.25) is 0 Å². The highest BCUT2D eigenvalue weighted by atomic mass is 31.2. The molecule has 146 heavy (non-hydrogen) atoms. The van der Waals surface area contributed by atoms with Crippen LogP contribution in [0.15, 0.2) is 510 Å². The van der Waals surface area contributed by atoms with Gasteiger partial charge in [0.15, 0.2) is 21.4 Å². The van der Waals surface area contributed by atoms with Crippen molar-refractivity contribution in [1.29, 1.82) is 0 Å². The van der Waals surface area contributed by atoms with E-state index in [2.05, 4.69) is 245 Å². The van der Waals surface area contributed by atoms with E-state index < -0.39 is 21.4 Å². The molecule has 0 spiro atoms. The van der Waals surface area contributed by atoms with Crippen molar-refractivity contribution in [2.75, 3.05) is 0 Å². The minimum atomic E-state index is -3.09. The standard InChI is InChI=1S/C47H34N3OP.2C42H28N3OP/c1-47(2)40-29-32(31-21-25-36(26-22-31)52(51,34-13-5-3-6-14-34)35-15-7-4-8-16-35)23-27-37(40)38-28-24-33(30-41(38)47)45-48-42-18-10-9-17-39(42)46-49-43-19-11-12-20-44(43)50(45)46;46-47(32-14-3-1-4-15-32,33-16-5-2-6-17-33)34-25-22-30(23-26-34)41-43-38-27-24-31(36-19-11-13-29-12-7-8-18-35(29)36)28-37(38)42-44-39-20-9-10-21-40(39)45(41)42;46-47(34-13-3-1-4-14-34,35-15-5-2-6-16-35)36-24-21-30(22-25-36)41-43-38-26-23-33(32-20-19-29-11-7-8-12-31(29)27-32)28-37(38)42-44-39-17-9-10-18-40(39)45(41)42/h3-30H,1-2H3;2*1-28H. The molecule has 0 saturated heterocycles. The summed E-state index contributed by atoms with van der Waals surface area (Å²) in [5.74, 6) is 2.47. The SMILES string of the molecule is CC1(C)c2cc(-c3ccc(P(=O)(c4ccccc4)c4ccccc4)cc3)ccc2-c2ccc(-c3nc4ccccc4c4nc5ccccc5n34)cc21.O=P(c1ccccc1)(c1ccccc1)c1ccc(-c2nc3ccc(-c4ccc5ccccc5c4)cc3c3nc4ccccc4n23)cc1.O=P(c1ccccc1)(c1ccccc1)c1ccc(-c2nc3ccc(-c4cccc5ccccc45)cc3c3nc4ccccc4n23)cc1. The second kappa shape index (κ2) is 36.0. The maximum atomic E-state index is 15.0. The normalized spacial score (nSPS) is 12.5. The lowest BCUT2D eigenvalue weighted by Crippen LogP contribution is -2.24. The van der Waals surface area contributed by atoms with Crippen LogP contribution in [0.3, 0.4) is 0 Å². The number of para-hydroxylation sites is 7. The van der Waals surface area contributed by atoms with Crippen LogP contribution >= 0.6 is 21.4 Å². The zero-order chi connectivity index (χ0) is 97.8. The largest absolute Gasteiger partial charge is 0.309 e. The van der Waals surface area contributed by atoms with Gasteiger partial charge in [0.1, 0.15) is 34.4 Å². The fraction of sp³-hybridized carbons (Fsp3) is 0.0229. The Balaban J connectivity index is 0.000000111. The van der Waals surface area contributed by atoms with Crippen molar-refractivity contribution in [2.24, 2.45) is 0 Å². The molecule has 0 saturated carbocycles. The third kappa shape index (κ3) is 15.0. The van der Waals surface area contributed by atoms with Gasteiger partial charge in [-0.25, -0.2) is 29.9 Å². The van der Waals surface area contributed by atoms with Crippen LogP contribution in [0.25, 0.3) is 183 Å². The van der Waals surface area contributed by atoms with Crippen LogP contribution in [0.1, 0.15) is 25.0 Å². The van der Waals surface area contributed by atoms with Crippen LogP contribution in [-0.2, 0) is 19.1 Å². The molecule has 0 atom stereocenters. The number of fused-ring (bicyclic) bond motifs is 20. The van der Waals surface area contributed by atoms with Crippen LogP contribution in [0.5, 0.6) is 0 Å². The number of nitrogens with zero attached hydrogens (tertiary/aromatic N) is 9. The lowest BCUT2D eigenvalue weighted by Gasteiger charge is -2.23. The van der Waals surface area contributed by atoms with Gasteiger partial charge in [-0.05, 0) is 168 Å². The molecule has 0 fully saturated rings. The number of aromatic nitrogens is 9. The molecule has 0 aliphatic heterocycles. The highest BCUT2D eigenvalue weighted by Gasteiger charge is 2.38. The predicted molar refractivity (Wildman–Crippen MR) is 607 cm³/mol. The van der Waals surface area contributed by atoms with E-state index in [1.807, 2.05) is 291 Å². The Hall–Kier alpha value is -17.8. The highest BCUT2D eigenvalue weighted by molar-refractivity contribution is 7.86. The van der Waals surface area contributed by atoms with Crippen LogP contribution in [0.4, 0.5) is 0 Å². The first-order chi connectivity index (χ1) is 71.8. The Morgan fingerprint density at radius 1 is 0.185 bits per heavy atom. The third-order valence-electron chi connectivity index (χ3n) is 29.0. The zero-order valence-electron chi connectivity index (χ0n) is 79.6. The van der Waals surface area contributed by atoms with Gasteiger partial charge in [-0.15, -0.1) is 0 Å². The minimum absolute atomic E-state index is 0.236. The highest BCUT2D eigenvalue weighted by Crippen LogP contribution is 2.53. The Kier molecular flexibility index (Phi) is 21.8. The van der Waals surface area contributed by atoms with Gasteiger partial charge in [0.05, 0.1) is 49.7 Å². The smallest absolute Gasteiger partial charge is 0.171 e. The first-order valence-electron chi connectivity index (χ1n) is 49.1. The third-order valence-corrected chi connectivity index (χ3v) is 38.2. The molecule has 692 valence electrons. The van der Waals surface area contributed by atoms with Gasteiger partial charge in [0.25, 0.3) is 0 Å². The molecule has 1 aliphatic carbocycles. The number of rotatable bonds is 15. The van der Waals surface area contributed by atoms with Crippen LogP contribution in [-0.4, -0.2) is 43.1 Å². The van der Waals surface area contributed by atoms with Crippen molar-refractivity contribution in [3.05, 3.63) is 521 Å². The van der Waals surface area contributed by atoms with E-state index in [0.29, 0.717) is 0 Å². The number of hydrogen-bond donors (Lipinski definition) is 0. The molecule has 0 unspecified atom stereocenters. The summed E-state index contributed by atoms with van der Waals surface area (Å²) in [6.45, 7) is 4.64. The molecular formula is C131H90N9O3P3. The molecule has 0 N–H and O–H groups in total. The monoisotopic (exact) mass is 1930 g/mol. The Morgan fingerprint density at radius 2 is 0.473 bits per heavy atom. The van der Waals surface area contributed by atoms with E-state index in [4.69, 9.17) is 29.9 Å². The summed E-state index contributed by atoms with van der Waals surface area (Å²) in [5, 5.41) is 15.2. The maximum absolute atomic E-state index is 15.0. The lowest BCUT2D eigenvalue weighted by atomic mass is 9.81. The van der Waals surface area contributed by atoms with Crippen molar-refractivity contribution < 1.29 is 13.7 Å². The van der Waals surface area contributed by atoms with Crippen molar-refractivity contribution in [3.63, 3.8) is 0 Å². The molecule has 21 aromatic carbocycles. The molecule has 6 heterocycles. The van der Waals surface area contributed by atoms with E-state index in [1.54, 1.807) is 0 Å². The first-order valence-corrected chi connectivity index (χ1v) is 54.2. The summed E-state index contributed by atoms with van der Waals surface area (Å²) in [6.07, 6.45) is 0. The fourth-order valence-electron chi connectivity index (χ4n) is 21.6. The second-order valence-corrected chi connectivity index (χ2v) is 46.1. The van der Waals surface area contributed by atoms with Crippen LogP contribution in [0, 0.1) is 0 Å². The molecule has 0 amide bonds. The van der Waals surface area contributed by atoms with Gasteiger partial charge < -0.3 is 13.7 Å². The number of imidazole rings is 3. The molecule has 12 nitrogen and oxygen atoms in total. The Morgan fingerprint density at radius 3 is 0.918 bits per heavy atom. The van der Waals surface area contributed by atoms with Gasteiger partial charge in [0, 0.05) is 86.0 Å². The molecule has 27 aromatic rings. The van der Waals surface area contributed by atoms with Crippen molar-refractivity contribution in [1.82, 2.24) is 43.1 Å². The summed E-state index contributed by atoms with van der Waals surface area (Å²) < 4.78 is 51.4. The van der Waals surface area contributed by atoms with E-state index in [9.17, 15) is 13.7 Å². The average Bonchev–Trinajstić information content (AvgIpc) is 1.56. The predicted octanol–water partition coefficient (Wildman–Crippen LogP) is 28.6. The molecular weight excluding hydrogens is 1840 g/mol. The van der Waals surface area contributed by atoms with Crippen LogP contribution in [0.2, 0.25) is 0 Å². The summed E-state index contributed by atoms with van der Waals surface area (Å²) in [4.78, 5) is 31.1. The summed E-state index contributed by atoms with van der Waals surface area (Å²) in [6, 6.07) is 173. The van der Waals surface area contributed by atoms with Gasteiger partial charge in [-0.3, -0.25) is 13.2 Å². The van der Waals surface area contributed by atoms with Crippen molar-refractivity contribution in [3.8, 4) is 78.7 Å².